The molecule has 3 aromatic carbocycles. The van der Waals surface area contributed by atoms with Gasteiger partial charge < -0.3 is 10.6 Å². The number of amides is 1. The van der Waals surface area contributed by atoms with Gasteiger partial charge in [-0.2, -0.15) is 0 Å². The lowest BCUT2D eigenvalue weighted by Crippen LogP contribution is -2.92. The van der Waals surface area contributed by atoms with E-state index in [0.717, 1.165) is 11.1 Å². The molecule has 3 N–H and O–H groups in total. The summed E-state index contributed by atoms with van der Waals surface area (Å²) in [5.74, 6) is -0.124. The number of carbonyl (C=O) groups is 2. The van der Waals surface area contributed by atoms with Gasteiger partial charge in [0.05, 0.1) is 0 Å². The van der Waals surface area contributed by atoms with Crippen LogP contribution in [0, 0.1) is 0 Å². The van der Waals surface area contributed by atoms with Gasteiger partial charge in [-0.15, -0.1) is 0 Å². The summed E-state index contributed by atoms with van der Waals surface area (Å²) >= 11 is 0. The van der Waals surface area contributed by atoms with E-state index in [1.165, 1.54) is 6.92 Å². The molecule has 0 aliphatic rings. The van der Waals surface area contributed by atoms with Crippen LogP contribution in [0.3, 0.4) is 0 Å². The van der Waals surface area contributed by atoms with E-state index >= 15 is 0 Å². The van der Waals surface area contributed by atoms with Crippen LogP contribution in [0.1, 0.15) is 41.4 Å². The van der Waals surface area contributed by atoms with Crippen molar-refractivity contribution in [3.05, 3.63) is 102 Å². The maximum atomic E-state index is 12.8. The highest BCUT2D eigenvalue weighted by Gasteiger charge is 2.24. The Morgan fingerprint density at radius 3 is 1.93 bits per heavy atom. The standard InChI is InChI=1S/C24H24N2O2/c1-17(24(28)26-22-15-9-14-21(16-22)18(2)27)25-23(19-10-5-3-6-11-19)20-12-7-4-8-13-20/h3-17,23,25H,1-2H3,(H,26,28)/p+1/t17-/m1/s1. The molecule has 3 aromatic rings. The Labute approximate surface area is 165 Å². The lowest BCUT2D eigenvalue weighted by Gasteiger charge is -2.21. The number of hydrogen-bond acceptors (Lipinski definition) is 2. The number of quaternary nitrogens is 1. The van der Waals surface area contributed by atoms with E-state index in [9.17, 15) is 9.59 Å². The van der Waals surface area contributed by atoms with Gasteiger partial charge >= 0.3 is 0 Å². The molecule has 0 bridgehead atoms. The van der Waals surface area contributed by atoms with Gasteiger partial charge in [0.15, 0.2) is 11.8 Å². The first kappa shape index (κ1) is 19.5. The first-order chi connectivity index (χ1) is 13.5. The Morgan fingerprint density at radius 2 is 1.39 bits per heavy atom. The lowest BCUT2D eigenvalue weighted by molar-refractivity contribution is -0.704. The summed E-state index contributed by atoms with van der Waals surface area (Å²) in [5, 5.41) is 4.99. The molecule has 0 aliphatic heterocycles. The van der Waals surface area contributed by atoms with Crippen molar-refractivity contribution in [3.63, 3.8) is 0 Å². The third-order valence-corrected chi connectivity index (χ3v) is 4.75. The maximum Gasteiger partial charge on any atom is 0.282 e. The van der Waals surface area contributed by atoms with Crippen molar-refractivity contribution in [2.24, 2.45) is 0 Å². The Morgan fingerprint density at radius 1 is 0.821 bits per heavy atom. The summed E-state index contributed by atoms with van der Waals surface area (Å²) < 4.78 is 0. The molecule has 4 heteroatoms. The van der Waals surface area contributed by atoms with E-state index in [1.807, 2.05) is 43.3 Å². The van der Waals surface area contributed by atoms with E-state index in [4.69, 9.17) is 0 Å². The summed E-state index contributed by atoms with van der Waals surface area (Å²) in [6.07, 6.45) is 0. The Hall–Kier alpha value is -3.24. The van der Waals surface area contributed by atoms with E-state index < -0.39 is 0 Å². The van der Waals surface area contributed by atoms with Crippen molar-refractivity contribution < 1.29 is 14.9 Å². The second-order valence-electron chi connectivity index (χ2n) is 6.91. The zero-order valence-corrected chi connectivity index (χ0v) is 16.1. The molecule has 0 saturated carbocycles. The predicted molar refractivity (Wildman–Crippen MR) is 111 cm³/mol. The van der Waals surface area contributed by atoms with Crippen LogP contribution < -0.4 is 10.6 Å². The molecule has 1 amide bonds. The smallest absolute Gasteiger partial charge is 0.282 e. The fourth-order valence-electron chi connectivity index (χ4n) is 3.18. The highest BCUT2D eigenvalue weighted by atomic mass is 16.2. The van der Waals surface area contributed by atoms with Crippen molar-refractivity contribution in [1.29, 1.82) is 0 Å². The van der Waals surface area contributed by atoms with Crippen LogP contribution in [0.4, 0.5) is 5.69 Å². The number of nitrogens with one attached hydrogen (secondary N) is 1. The fourth-order valence-corrected chi connectivity index (χ4v) is 3.18. The zero-order valence-electron chi connectivity index (χ0n) is 16.1. The predicted octanol–water partition coefficient (Wildman–Crippen LogP) is 3.57. The molecule has 3 rings (SSSR count). The third-order valence-electron chi connectivity index (χ3n) is 4.75. The van der Waals surface area contributed by atoms with Crippen LogP contribution in [-0.4, -0.2) is 17.7 Å². The fraction of sp³-hybridized carbons (Fsp3) is 0.167. The number of nitrogens with two attached hydrogens (primary N) is 1. The maximum absolute atomic E-state index is 12.8. The molecule has 0 saturated heterocycles. The summed E-state index contributed by atoms with van der Waals surface area (Å²) in [6.45, 7) is 3.41. The molecule has 0 aromatic heterocycles. The van der Waals surface area contributed by atoms with Gasteiger partial charge in [0.25, 0.3) is 5.91 Å². The van der Waals surface area contributed by atoms with E-state index in [-0.39, 0.29) is 23.8 Å². The molecular weight excluding hydrogens is 348 g/mol. The number of hydrogen-bond donors (Lipinski definition) is 2. The lowest BCUT2D eigenvalue weighted by atomic mass is 9.98. The Bertz CT molecular complexity index is 900. The minimum Gasteiger partial charge on any atom is -0.326 e. The van der Waals surface area contributed by atoms with Crippen LogP contribution in [0.5, 0.6) is 0 Å². The monoisotopic (exact) mass is 373 g/mol. The number of anilines is 1. The molecule has 28 heavy (non-hydrogen) atoms. The minimum absolute atomic E-state index is 0.0201. The molecule has 0 fully saturated rings. The van der Waals surface area contributed by atoms with Crippen LogP contribution in [0.15, 0.2) is 84.9 Å². The van der Waals surface area contributed by atoms with Gasteiger partial charge in [-0.25, -0.2) is 0 Å². The molecule has 0 spiro atoms. The van der Waals surface area contributed by atoms with E-state index in [1.54, 1.807) is 24.3 Å². The Balaban J connectivity index is 1.76. The largest absolute Gasteiger partial charge is 0.326 e. The summed E-state index contributed by atoms with van der Waals surface area (Å²) in [5.41, 5.74) is 3.51. The van der Waals surface area contributed by atoms with Crippen LogP contribution in [0.2, 0.25) is 0 Å². The average molecular weight is 373 g/mol. The number of carbonyl (C=O) groups excluding carboxylic acids is 2. The second kappa shape index (κ2) is 9.11. The molecule has 0 unspecified atom stereocenters. The van der Waals surface area contributed by atoms with E-state index in [2.05, 4.69) is 34.9 Å². The molecule has 4 nitrogen and oxygen atoms in total. The van der Waals surface area contributed by atoms with Gasteiger partial charge in [-0.3, -0.25) is 9.59 Å². The highest BCUT2D eigenvalue weighted by molar-refractivity contribution is 5.97. The molecule has 1 atom stereocenters. The van der Waals surface area contributed by atoms with Gasteiger partial charge in [0, 0.05) is 22.4 Å². The number of benzene rings is 3. The van der Waals surface area contributed by atoms with Gasteiger partial charge in [-0.05, 0) is 26.0 Å². The summed E-state index contributed by atoms with van der Waals surface area (Å²) in [7, 11) is 0. The summed E-state index contributed by atoms with van der Waals surface area (Å²) in [4.78, 5) is 24.3. The van der Waals surface area contributed by atoms with Gasteiger partial charge in [-0.1, -0.05) is 72.8 Å². The Kier molecular flexibility index (Phi) is 6.35. The SMILES string of the molecule is CC(=O)c1cccc(NC(=O)[C@@H](C)[NH2+]C(c2ccccc2)c2ccccc2)c1. The number of Topliss-reactive ketones (excluding diaryl/α,β-unsaturated/α-hetero) is 1. The molecule has 0 heterocycles. The van der Waals surface area contributed by atoms with E-state index in [0.29, 0.717) is 11.3 Å². The van der Waals surface area contributed by atoms with Crippen molar-refractivity contribution in [1.82, 2.24) is 0 Å². The van der Waals surface area contributed by atoms with Crippen LogP contribution in [0.25, 0.3) is 0 Å². The van der Waals surface area contributed by atoms with Crippen LogP contribution >= 0.6 is 0 Å². The highest BCUT2D eigenvalue weighted by Crippen LogP contribution is 2.18. The van der Waals surface area contributed by atoms with Crippen molar-refractivity contribution in [2.75, 3.05) is 5.32 Å². The normalized spacial score (nSPS) is 11.8. The summed E-state index contributed by atoms with van der Waals surface area (Å²) in [6, 6.07) is 27.1. The number of ketones is 1. The first-order valence-corrected chi connectivity index (χ1v) is 9.41. The van der Waals surface area contributed by atoms with Gasteiger partial charge in [0.1, 0.15) is 6.04 Å². The molecule has 142 valence electrons. The minimum atomic E-state index is -0.314. The molecular formula is C24H25N2O2+. The average Bonchev–Trinajstić information content (AvgIpc) is 2.73. The first-order valence-electron chi connectivity index (χ1n) is 9.41. The van der Waals surface area contributed by atoms with Crippen molar-refractivity contribution in [3.8, 4) is 0 Å². The van der Waals surface area contributed by atoms with Crippen LogP contribution in [-0.2, 0) is 4.79 Å². The quantitative estimate of drug-likeness (QED) is 0.622. The zero-order chi connectivity index (χ0) is 19.9. The van der Waals surface area contributed by atoms with Crippen molar-refractivity contribution >= 4 is 17.4 Å². The van der Waals surface area contributed by atoms with Crippen molar-refractivity contribution in [2.45, 2.75) is 25.9 Å². The second-order valence-corrected chi connectivity index (χ2v) is 6.91. The van der Waals surface area contributed by atoms with Gasteiger partial charge in [0.2, 0.25) is 0 Å². The molecule has 0 aliphatic carbocycles. The molecule has 0 radical (unpaired) electrons. The topological polar surface area (TPSA) is 62.8 Å². The third kappa shape index (κ3) is 4.93. The number of rotatable bonds is 7.